The van der Waals surface area contributed by atoms with E-state index in [2.05, 4.69) is 15.2 Å². The van der Waals surface area contributed by atoms with Crippen molar-refractivity contribution in [2.75, 3.05) is 19.6 Å². The maximum Gasteiger partial charge on any atom is 0.371 e. The Kier molecular flexibility index (Phi) is 5.68. The number of aromatic nitrogens is 2. The average Bonchev–Trinajstić information content (AvgIpc) is 3.44. The van der Waals surface area contributed by atoms with E-state index >= 15 is 0 Å². The summed E-state index contributed by atoms with van der Waals surface area (Å²) >= 11 is 0. The van der Waals surface area contributed by atoms with E-state index in [9.17, 15) is 9.59 Å². The van der Waals surface area contributed by atoms with Gasteiger partial charge in [-0.1, -0.05) is 30.3 Å². The number of amides is 1. The molecule has 1 spiro atoms. The summed E-state index contributed by atoms with van der Waals surface area (Å²) in [5, 5.41) is 11.8. The molecule has 3 heterocycles. The van der Waals surface area contributed by atoms with E-state index in [0.717, 1.165) is 55.9 Å². The number of carbonyl (C=O) groups excluding carboxylic acids is 1. The highest BCUT2D eigenvalue weighted by atomic mass is 16.4. The minimum atomic E-state index is -1.12. The number of piperidine rings is 1. The summed E-state index contributed by atoms with van der Waals surface area (Å²) in [4.78, 5) is 35.3. The lowest BCUT2D eigenvalue weighted by molar-refractivity contribution is -0.123. The fourth-order valence-corrected chi connectivity index (χ4v) is 5.06. The minimum absolute atomic E-state index is 0.0439. The van der Waals surface area contributed by atoms with Gasteiger partial charge in [0.05, 0.1) is 18.8 Å². The third-order valence-electron chi connectivity index (χ3n) is 6.63. The second-order valence-corrected chi connectivity index (χ2v) is 8.88. The van der Waals surface area contributed by atoms with Gasteiger partial charge in [-0.3, -0.25) is 9.69 Å². The Hall–Kier alpha value is -3.52. The number of aromatic carboxylic acids is 1. The number of nitrogens with zero attached hydrogens (tertiary/aromatic N) is 3. The van der Waals surface area contributed by atoms with Gasteiger partial charge in [-0.05, 0) is 49.9 Å². The van der Waals surface area contributed by atoms with Gasteiger partial charge in [0.25, 0.3) is 0 Å². The van der Waals surface area contributed by atoms with Crippen molar-refractivity contribution in [2.24, 2.45) is 0 Å². The molecule has 0 bridgehead atoms. The number of fused-ring (bicyclic) bond motifs is 2. The molecule has 1 aromatic carbocycles. The lowest BCUT2D eigenvalue weighted by Crippen LogP contribution is -2.48. The molecule has 1 amide bonds. The number of furan rings is 1. The van der Waals surface area contributed by atoms with Crippen LogP contribution in [0.25, 0.3) is 11.4 Å². The zero-order valence-corrected chi connectivity index (χ0v) is 18.3. The van der Waals surface area contributed by atoms with Crippen molar-refractivity contribution in [1.82, 2.24) is 20.2 Å². The number of rotatable bonds is 6. The number of hydrogen-bond donors (Lipinski definition) is 2. The Morgan fingerprint density at radius 3 is 2.79 bits per heavy atom. The topological polar surface area (TPSA) is 109 Å². The molecule has 1 atom stereocenters. The molecule has 170 valence electrons. The quantitative estimate of drug-likeness (QED) is 0.599. The van der Waals surface area contributed by atoms with Gasteiger partial charge < -0.3 is 14.8 Å². The third kappa shape index (κ3) is 4.39. The molecule has 2 N–H and O–H groups in total. The standard InChI is InChI=1S/C25H26N4O4/c30-21(26-14-19-7-8-20(33-19)24(31)32)15-29-12-4-10-25(16-29)11-9-18-13-27-23(28-22(18)25)17-5-2-1-3-6-17/h1-3,5-8,13H,4,9-12,14-16H2,(H,26,30)(H,31,32). The maximum absolute atomic E-state index is 12.6. The fraction of sp³-hybridized carbons (Fsp3) is 0.360. The van der Waals surface area contributed by atoms with Crippen molar-refractivity contribution >= 4 is 11.9 Å². The Labute approximate surface area is 191 Å². The Bertz CT molecular complexity index is 1170. The van der Waals surface area contributed by atoms with E-state index < -0.39 is 5.97 Å². The van der Waals surface area contributed by atoms with Crippen LogP contribution < -0.4 is 5.32 Å². The largest absolute Gasteiger partial charge is 0.475 e. The molecule has 3 aromatic rings. The average molecular weight is 447 g/mol. The monoisotopic (exact) mass is 446 g/mol. The second-order valence-electron chi connectivity index (χ2n) is 8.88. The molecular weight excluding hydrogens is 420 g/mol. The minimum Gasteiger partial charge on any atom is -0.475 e. The number of carbonyl (C=O) groups is 2. The normalized spacial score (nSPS) is 20.0. The first-order valence-corrected chi connectivity index (χ1v) is 11.3. The predicted octanol–water partition coefficient (Wildman–Crippen LogP) is 3.03. The van der Waals surface area contributed by atoms with E-state index in [0.29, 0.717) is 12.3 Å². The van der Waals surface area contributed by atoms with Gasteiger partial charge in [-0.2, -0.15) is 0 Å². The molecule has 0 radical (unpaired) electrons. The first-order valence-electron chi connectivity index (χ1n) is 11.3. The van der Waals surface area contributed by atoms with Gasteiger partial charge in [0.15, 0.2) is 5.82 Å². The summed E-state index contributed by atoms with van der Waals surface area (Å²) in [6, 6.07) is 13.0. The summed E-state index contributed by atoms with van der Waals surface area (Å²) < 4.78 is 5.21. The molecule has 2 aromatic heterocycles. The first-order chi connectivity index (χ1) is 16.0. The SMILES string of the molecule is O=C(CN1CCCC2(CCc3cnc(-c4ccccc4)nc32)C1)NCc1ccc(C(=O)O)o1. The molecule has 1 saturated heterocycles. The maximum atomic E-state index is 12.6. The van der Waals surface area contributed by atoms with Gasteiger partial charge in [0, 0.05) is 23.7 Å². The highest BCUT2D eigenvalue weighted by Crippen LogP contribution is 2.44. The molecule has 1 fully saturated rings. The van der Waals surface area contributed by atoms with Gasteiger partial charge >= 0.3 is 5.97 Å². The molecule has 1 aliphatic heterocycles. The summed E-state index contributed by atoms with van der Waals surface area (Å²) in [7, 11) is 0. The Morgan fingerprint density at radius 1 is 1.15 bits per heavy atom. The van der Waals surface area contributed by atoms with Crippen LogP contribution in [0.2, 0.25) is 0 Å². The van der Waals surface area contributed by atoms with E-state index in [1.54, 1.807) is 6.07 Å². The number of carboxylic acid groups (broad SMARTS) is 1. The molecule has 8 nitrogen and oxygen atoms in total. The second kappa shape index (κ2) is 8.78. The van der Waals surface area contributed by atoms with Crippen LogP contribution in [-0.2, 0) is 23.2 Å². The number of likely N-dealkylation sites (tertiary alicyclic amines) is 1. The summed E-state index contributed by atoms with van der Waals surface area (Å²) in [5.41, 5.74) is 3.32. The first kappa shape index (κ1) is 21.3. The molecule has 33 heavy (non-hydrogen) atoms. The van der Waals surface area contributed by atoms with Crippen molar-refractivity contribution in [1.29, 1.82) is 0 Å². The molecule has 2 aliphatic rings. The zero-order chi connectivity index (χ0) is 22.8. The van der Waals surface area contributed by atoms with E-state index in [1.165, 1.54) is 11.6 Å². The Balaban J connectivity index is 1.25. The van der Waals surface area contributed by atoms with E-state index in [1.807, 2.05) is 36.5 Å². The van der Waals surface area contributed by atoms with Crippen molar-refractivity contribution in [3.8, 4) is 11.4 Å². The van der Waals surface area contributed by atoms with Crippen LogP contribution in [0.5, 0.6) is 0 Å². The predicted molar refractivity (Wildman–Crippen MR) is 121 cm³/mol. The lowest BCUT2D eigenvalue weighted by atomic mass is 9.77. The molecule has 0 saturated carbocycles. The summed E-state index contributed by atoms with van der Waals surface area (Å²) in [6.45, 7) is 2.12. The van der Waals surface area contributed by atoms with Crippen LogP contribution in [-0.4, -0.2) is 51.5 Å². The van der Waals surface area contributed by atoms with Gasteiger partial charge in [-0.25, -0.2) is 14.8 Å². The molecule has 1 unspecified atom stereocenters. The number of aryl methyl sites for hydroxylation is 1. The zero-order valence-electron chi connectivity index (χ0n) is 18.3. The smallest absolute Gasteiger partial charge is 0.371 e. The fourth-order valence-electron chi connectivity index (χ4n) is 5.06. The number of benzene rings is 1. The number of nitrogens with one attached hydrogen (secondary N) is 1. The van der Waals surface area contributed by atoms with Crippen LogP contribution in [0.15, 0.2) is 53.1 Å². The van der Waals surface area contributed by atoms with Crippen molar-refractivity contribution in [2.45, 2.75) is 37.6 Å². The number of carboxylic acids is 1. The molecule has 8 heteroatoms. The third-order valence-corrected chi connectivity index (χ3v) is 6.63. The summed E-state index contributed by atoms with van der Waals surface area (Å²) in [6.07, 6.45) is 6.04. The van der Waals surface area contributed by atoms with Crippen molar-refractivity contribution in [3.05, 3.63) is 71.4 Å². The molecular formula is C25H26N4O4. The van der Waals surface area contributed by atoms with Crippen LogP contribution in [0.3, 0.4) is 0 Å². The highest BCUT2D eigenvalue weighted by molar-refractivity contribution is 5.84. The van der Waals surface area contributed by atoms with Crippen LogP contribution in [0, 0.1) is 0 Å². The van der Waals surface area contributed by atoms with E-state index in [-0.39, 0.29) is 23.6 Å². The number of hydrogen-bond acceptors (Lipinski definition) is 6. The van der Waals surface area contributed by atoms with Crippen molar-refractivity contribution < 1.29 is 19.1 Å². The van der Waals surface area contributed by atoms with Crippen LogP contribution in [0.1, 0.15) is 46.8 Å². The van der Waals surface area contributed by atoms with Crippen molar-refractivity contribution in [3.63, 3.8) is 0 Å². The lowest BCUT2D eigenvalue weighted by Gasteiger charge is -2.40. The van der Waals surface area contributed by atoms with E-state index in [4.69, 9.17) is 14.5 Å². The molecule has 5 rings (SSSR count). The molecule has 1 aliphatic carbocycles. The van der Waals surface area contributed by atoms with Crippen LogP contribution in [0.4, 0.5) is 0 Å². The van der Waals surface area contributed by atoms with Gasteiger partial charge in [-0.15, -0.1) is 0 Å². The van der Waals surface area contributed by atoms with Gasteiger partial charge in [0.2, 0.25) is 11.7 Å². The summed E-state index contributed by atoms with van der Waals surface area (Å²) in [5.74, 6) is -0.183. The Morgan fingerprint density at radius 2 is 2.00 bits per heavy atom. The van der Waals surface area contributed by atoms with Crippen LogP contribution >= 0.6 is 0 Å². The highest BCUT2D eigenvalue weighted by Gasteiger charge is 2.44. The van der Waals surface area contributed by atoms with Gasteiger partial charge in [0.1, 0.15) is 5.76 Å².